The molecule has 0 saturated carbocycles. The molecule has 0 aliphatic heterocycles. The summed E-state index contributed by atoms with van der Waals surface area (Å²) in [5.41, 5.74) is 8.93. The van der Waals surface area contributed by atoms with Crippen molar-refractivity contribution in [2.75, 3.05) is 17.7 Å². The van der Waals surface area contributed by atoms with Crippen molar-refractivity contribution >= 4 is 28.9 Å². The molecule has 0 aliphatic carbocycles. The maximum atomic E-state index is 12.1. The molecular weight excluding hydrogens is 312 g/mol. The Hall–Kier alpha value is -2.20. The molecule has 0 aromatic heterocycles. The summed E-state index contributed by atoms with van der Waals surface area (Å²) >= 11 is 5.84. The Morgan fingerprint density at radius 2 is 2.00 bits per heavy atom. The topological polar surface area (TPSA) is 64.3 Å². The molecule has 0 saturated heterocycles. The highest BCUT2D eigenvalue weighted by Crippen LogP contribution is 2.27. The van der Waals surface area contributed by atoms with Crippen LogP contribution in [0, 0.1) is 6.92 Å². The van der Waals surface area contributed by atoms with E-state index in [0.717, 1.165) is 16.9 Å². The summed E-state index contributed by atoms with van der Waals surface area (Å²) in [4.78, 5) is 12.1. The van der Waals surface area contributed by atoms with Gasteiger partial charge in [-0.15, -0.1) is 0 Å². The first-order valence-corrected chi connectivity index (χ1v) is 7.83. The van der Waals surface area contributed by atoms with Crippen molar-refractivity contribution in [3.63, 3.8) is 0 Å². The molecule has 0 bridgehead atoms. The van der Waals surface area contributed by atoms with Crippen LogP contribution < -0.4 is 15.8 Å². The van der Waals surface area contributed by atoms with Crippen LogP contribution in [-0.4, -0.2) is 12.5 Å². The summed E-state index contributed by atoms with van der Waals surface area (Å²) in [6.07, 6.45) is 0. The van der Waals surface area contributed by atoms with E-state index in [1.807, 2.05) is 25.1 Å². The third-order valence-corrected chi connectivity index (χ3v) is 3.67. The Balaban J connectivity index is 2.03. The van der Waals surface area contributed by atoms with Crippen LogP contribution in [0.5, 0.6) is 5.75 Å². The van der Waals surface area contributed by atoms with Crippen LogP contribution in [0.1, 0.15) is 30.9 Å². The zero-order valence-corrected chi connectivity index (χ0v) is 14.3. The minimum Gasteiger partial charge on any atom is -0.483 e. The highest BCUT2D eigenvalue weighted by Gasteiger charge is 2.11. The first kappa shape index (κ1) is 17.2. The second kappa shape index (κ2) is 7.38. The van der Waals surface area contributed by atoms with Crippen LogP contribution in [0.2, 0.25) is 5.02 Å². The molecule has 0 fully saturated rings. The number of carbonyl (C=O) groups excluding carboxylic acids is 1. The van der Waals surface area contributed by atoms with Crippen LogP contribution in [0.3, 0.4) is 0 Å². The lowest BCUT2D eigenvalue weighted by molar-refractivity contribution is -0.118. The Bertz CT molecular complexity index is 714. The first-order valence-electron chi connectivity index (χ1n) is 7.45. The van der Waals surface area contributed by atoms with Crippen LogP contribution in [0.25, 0.3) is 0 Å². The third-order valence-electron chi connectivity index (χ3n) is 3.44. The molecule has 0 radical (unpaired) electrons. The van der Waals surface area contributed by atoms with Crippen LogP contribution in [-0.2, 0) is 4.79 Å². The molecule has 2 aromatic carbocycles. The van der Waals surface area contributed by atoms with E-state index in [1.54, 1.807) is 18.2 Å². The molecule has 2 aromatic rings. The lowest BCUT2D eigenvalue weighted by Crippen LogP contribution is -2.21. The van der Waals surface area contributed by atoms with E-state index >= 15 is 0 Å². The Labute approximate surface area is 141 Å². The number of benzene rings is 2. The number of anilines is 2. The predicted octanol–water partition coefficient (Wildman–Crippen LogP) is 4.37. The number of halogens is 1. The van der Waals surface area contributed by atoms with Gasteiger partial charge < -0.3 is 15.8 Å². The van der Waals surface area contributed by atoms with Gasteiger partial charge in [-0.2, -0.15) is 0 Å². The number of carbonyl (C=O) groups is 1. The van der Waals surface area contributed by atoms with E-state index in [-0.39, 0.29) is 12.5 Å². The van der Waals surface area contributed by atoms with E-state index in [9.17, 15) is 4.79 Å². The molecule has 5 heteroatoms. The van der Waals surface area contributed by atoms with Crippen LogP contribution >= 0.6 is 11.6 Å². The molecule has 4 nitrogen and oxygen atoms in total. The van der Waals surface area contributed by atoms with E-state index in [1.165, 1.54) is 0 Å². The van der Waals surface area contributed by atoms with Gasteiger partial charge in [0, 0.05) is 5.02 Å². The van der Waals surface area contributed by atoms with Crippen molar-refractivity contribution in [1.82, 2.24) is 0 Å². The number of ether oxygens (including phenoxy) is 1. The van der Waals surface area contributed by atoms with Gasteiger partial charge in [-0.1, -0.05) is 37.6 Å². The van der Waals surface area contributed by atoms with E-state index < -0.39 is 0 Å². The Morgan fingerprint density at radius 1 is 1.26 bits per heavy atom. The second-order valence-electron chi connectivity index (χ2n) is 5.76. The predicted molar refractivity (Wildman–Crippen MR) is 95.3 cm³/mol. The van der Waals surface area contributed by atoms with E-state index in [2.05, 4.69) is 19.2 Å². The fourth-order valence-corrected chi connectivity index (χ4v) is 2.40. The van der Waals surface area contributed by atoms with Crippen molar-refractivity contribution in [3.05, 3.63) is 52.5 Å². The summed E-state index contributed by atoms with van der Waals surface area (Å²) in [5.74, 6) is 0.787. The van der Waals surface area contributed by atoms with E-state index in [4.69, 9.17) is 22.1 Å². The van der Waals surface area contributed by atoms with Gasteiger partial charge in [0.1, 0.15) is 5.75 Å². The van der Waals surface area contributed by atoms with Gasteiger partial charge in [0.25, 0.3) is 5.91 Å². The van der Waals surface area contributed by atoms with Crippen molar-refractivity contribution < 1.29 is 9.53 Å². The minimum atomic E-state index is -0.268. The smallest absolute Gasteiger partial charge is 0.262 e. The molecule has 0 heterocycles. The normalized spacial score (nSPS) is 10.7. The monoisotopic (exact) mass is 332 g/mol. The standard InChI is InChI=1S/C18H21ClN2O2/c1-11(2)14-6-4-12(3)8-17(14)23-10-18(22)21-16-7-5-13(19)9-15(16)20/h4-9,11H,10,20H2,1-3H3,(H,21,22). The Kier molecular flexibility index (Phi) is 5.50. The van der Waals surface area contributed by atoms with Crippen molar-refractivity contribution in [3.8, 4) is 5.75 Å². The van der Waals surface area contributed by atoms with Crippen LogP contribution in [0.15, 0.2) is 36.4 Å². The molecule has 0 atom stereocenters. The SMILES string of the molecule is Cc1ccc(C(C)C)c(OCC(=O)Nc2ccc(Cl)cc2N)c1. The summed E-state index contributed by atoms with van der Waals surface area (Å²) in [7, 11) is 0. The lowest BCUT2D eigenvalue weighted by Gasteiger charge is -2.15. The lowest BCUT2D eigenvalue weighted by atomic mass is 10.0. The first-order chi connectivity index (χ1) is 10.9. The third kappa shape index (κ3) is 4.63. The number of hydrogen-bond acceptors (Lipinski definition) is 3. The van der Waals surface area contributed by atoms with Gasteiger partial charge in [0.05, 0.1) is 11.4 Å². The minimum absolute atomic E-state index is 0.0781. The molecule has 122 valence electrons. The average Bonchev–Trinajstić information content (AvgIpc) is 2.48. The van der Waals surface area contributed by atoms with Gasteiger partial charge in [-0.05, 0) is 48.2 Å². The van der Waals surface area contributed by atoms with Crippen molar-refractivity contribution in [2.24, 2.45) is 0 Å². The number of aryl methyl sites for hydroxylation is 1. The van der Waals surface area contributed by atoms with E-state index in [0.29, 0.717) is 22.3 Å². The molecule has 3 N–H and O–H groups in total. The van der Waals surface area contributed by atoms with Gasteiger partial charge in [-0.25, -0.2) is 0 Å². The molecular formula is C18H21ClN2O2. The summed E-state index contributed by atoms with van der Waals surface area (Å²) < 4.78 is 5.70. The highest BCUT2D eigenvalue weighted by atomic mass is 35.5. The quantitative estimate of drug-likeness (QED) is 0.799. The van der Waals surface area contributed by atoms with Gasteiger partial charge in [-0.3, -0.25) is 4.79 Å². The second-order valence-corrected chi connectivity index (χ2v) is 6.20. The number of amides is 1. The van der Waals surface area contributed by atoms with Gasteiger partial charge in [0.15, 0.2) is 6.61 Å². The maximum Gasteiger partial charge on any atom is 0.262 e. The molecule has 0 aliphatic rings. The van der Waals surface area contributed by atoms with Gasteiger partial charge >= 0.3 is 0 Å². The summed E-state index contributed by atoms with van der Waals surface area (Å²) in [5, 5.41) is 3.25. The number of nitrogens with one attached hydrogen (secondary N) is 1. The molecule has 1 amide bonds. The zero-order chi connectivity index (χ0) is 17.0. The maximum absolute atomic E-state index is 12.1. The molecule has 0 spiro atoms. The number of nitrogens with two attached hydrogens (primary N) is 1. The average molecular weight is 333 g/mol. The summed E-state index contributed by atoms with van der Waals surface area (Å²) in [6.45, 7) is 6.09. The van der Waals surface area contributed by atoms with Gasteiger partial charge in [0.2, 0.25) is 0 Å². The van der Waals surface area contributed by atoms with Crippen molar-refractivity contribution in [2.45, 2.75) is 26.7 Å². The molecule has 0 unspecified atom stereocenters. The van der Waals surface area contributed by atoms with Crippen LogP contribution in [0.4, 0.5) is 11.4 Å². The fraction of sp³-hybridized carbons (Fsp3) is 0.278. The summed E-state index contributed by atoms with van der Waals surface area (Å²) in [6, 6.07) is 10.9. The number of nitrogen functional groups attached to an aromatic ring is 1. The highest BCUT2D eigenvalue weighted by molar-refractivity contribution is 6.31. The fourth-order valence-electron chi connectivity index (χ4n) is 2.22. The zero-order valence-electron chi connectivity index (χ0n) is 13.5. The Morgan fingerprint density at radius 3 is 2.65 bits per heavy atom. The number of hydrogen-bond donors (Lipinski definition) is 2. The molecule has 2 rings (SSSR count). The largest absolute Gasteiger partial charge is 0.483 e. The number of rotatable bonds is 5. The van der Waals surface area contributed by atoms with Crippen molar-refractivity contribution in [1.29, 1.82) is 0 Å². The molecule has 23 heavy (non-hydrogen) atoms.